The van der Waals surface area contributed by atoms with Gasteiger partial charge in [0.15, 0.2) is 0 Å². The quantitative estimate of drug-likeness (QED) is 0.645. The highest BCUT2D eigenvalue weighted by atomic mass is 14.6. The maximum absolute atomic E-state index is 5.51. The van der Waals surface area contributed by atoms with Gasteiger partial charge in [-0.25, -0.2) is 0 Å². The molecule has 0 saturated carbocycles. The summed E-state index contributed by atoms with van der Waals surface area (Å²) in [7, 11) is 0. The third kappa shape index (κ3) is 14.0. The average molecular weight is 198 g/mol. The molecule has 0 saturated heterocycles. The van der Waals surface area contributed by atoms with E-state index in [4.69, 9.17) is 11.5 Å². The summed E-state index contributed by atoms with van der Waals surface area (Å²) in [4.78, 5) is 0. The molecule has 0 aliphatic rings. The molecule has 0 aromatic heterocycles. The van der Waals surface area contributed by atoms with Crippen LogP contribution in [0.4, 0.5) is 0 Å². The second-order valence-corrected chi connectivity index (χ2v) is 3.39. The topological polar surface area (TPSA) is 52.0 Å². The van der Waals surface area contributed by atoms with E-state index in [1.54, 1.807) is 0 Å². The predicted octanol–water partition coefficient (Wildman–Crippen LogP) is 2.60. The molecule has 2 heteroatoms. The van der Waals surface area contributed by atoms with Gasteiger partial charge in [0.05, 0.1) is 0 Å². The summed E-state index contributed by atoms with van der Waals surface area (Å²) in [6.07, 6.45) is 7.69. The van der Waals surface area contributed by atoms with E-state index in [-0.39, 0.29) is 0 Å². The van der Waals surface area contributed by atoms with Gasteiger partial charge in [-0.1, -0.05) is 26.0 Å². The van der Waals surface area contributed by atoms with Gasteiger partial charge in [0, 0.05) is 12.1 Å². The Morgan fingerprint density at radius 1 is 0.929 bits per heavy atom. The van der Waals surface area contributed by atoms with Gasteiger partial charge in [-0.3, -0.25) is 0 Å². The average Bonchev–Trinajstić information content (AvgIpc) is 2.19. The van der Waals surface area contributed by atoms with Crippen LogP contribution < -0.4 is 11.5 Å². The molecule has 0 fully saturated rings. The van der Waals surface area contributed by atoms with Crippen molar-refractivity contribution in [3.8, 4) is 0 Å². The minimum absolute atomic E-state index is 0.331. The lowest BCUT2D eigenvalue weighted by molar-refractivity contribution is 0.660. The van der Waals surface area contributed by atoms with E-state index in [9.17, 15) is 0 Å². The monoisotopic (exact) mass is 198 g/mol. The molecule has 0 rings (SSSR count). The molecule has 0 radical (unpaired) electrons. The van der Waals surface area contributed by atoms with Crippen molar-refractivity contribution in [1.82, 2.24) is 0 Å². The van der Waals surface area contributed by atoms with Crippen LogP contribution in [0.1, 0.15) is 39.5 Å². The molecular weight excluding hydrogens is 172 g/mol. The van der Waals surface area contributed by atoms with E-state index < -0.39 is 0 Å². The van der Waals surface area contributed by atoms with Crippen LogP contribution in [0.15, 0.2) is 25.3 Å². The van der Waals surface area contributed by atoms with Crippen molar-refractivity contribution >= 4 is 0 Å². The third-order valence-corrected chi connectivity index (χ3v) is 1.99. The van der Waals surface area contributed by atoms with Gasteiger partial charge < -0.3 is 11.5 Å². The third-order valence-electron chi connectivity index (χ3n) is 1.99. The second kappa shape index (κ2) is 12.4. The summed E-state index contributed by atoms with van der Waals surface area (Å²) in [5.41, 5.74) is 11.0. The zero-order chi connectivity index (χ0) is 11.4. The maximum atomic E-state index is 5.51. The highest BCUT2D eigenvalue weighted by Gasteiger charge is 1.91. The molecule has 2 nitrogen and oxygen atoms in total. The SMILES string of the molecule is C=CCC(N)CC.C=CCC(N)CC. The van der Waals surface area contributed by atoms with Crippen LogP contribution in [-0.2, 0) is 0 Å². The fraction of sp³-hybridized carbons (Fsp3) is 0.667. The lowest BCUT2D eigenvalue weighted by atomic mass is 10.2. The molecule has 2 atom stereocenters. The Morgan fingerprint density at radius 3 is 1.29 bits per heavy atom. The Hall–Kier alpha value is -0.600. The van der Waals surface area contributed by atoms with Crippen LogP contribution in [0, 0.1) is 0 Å². The van der Waals surface area contributed by atoms with E-state index in [0.29, 0.717) is 12.1 Å². The first kappa shape index (κ1) is 15.9. The number of hydrogen-bond acceptors (Lipinski definition) is 2. The fourth-order valence-corrected chi connectivity index (χ4v) is 0.761. The standard InChI is InChI=1S/2C6H13N/c2*1-3-5-6(7)4-2/h2*3,6H,1,4-5,7H2,2H3. The van der Waals surface area contributed by atoms with Crippen LogP contribution in [0.2, 0.25) is 0 Å². The van der Waals surface area contributed by atoms with E-state index in [0.717, 1.165) is 25.7 Å². The number of hydrogen-bond donors (Lipinski definition) is 2. The Kier molecular flexibility index (Phi) is 14.0. The molecule has 84 valence electrons. The summed E-state index contributed by atoms with van der Waals surface area (Å²) >= 11 is 0. The molecular formula is C12H26N2. The van der Waals surface area contributed by atoms with Gasteiger partial charge >= 0.3 is 0 Å². The molecule has 0 heterocycles. The minimum atomic E-state index is 0.331. The minimum Gasteiger partial charge on any atom is -0.327 e. The van der Waals surface area contributed by atoms with Crippen LogP contribution in [0.25, 0.3) is 0 Å². The van der Waals surface area contributed by atoms with Gasteiger partial charge in [-0.05, 0) is 25.7 Å². The van der Waals surface area contributed by atoms with Gasteiger partial charge in [-0.15, -0.1) is 13.2 Å². The number of rotatable bonds is 6. The van der Waals surface area contributed by atoms with Gasteiger partial charge in [-0.2, -0.15) is 0 Å². The largest absolute Gasteiger partial charge is 0.327 e. The molecule has 14 heavy (non-hydrogen) atoms. The summed E-state index contributed by atoms with van der Waals surface area (Å²) in [5.74, 6) is 0. The lowest BCUT2D eigenvalue weighted by Crippen LogP contribution is -2.16. The van der Waals surface area contributed by atoms with E-state index in [2.05, 4.69) is 27.0 Å². The van der Waals surface area contributed by atoms with Gasteiger partial charge in [0.2, 0.25) is 0 Å². The van der Waals surface area contributed by atoms with Crippen molar-refractivity contribution in [3.63, 3.8) is 0 Å². The molecule has 0 amide bonds. The van der Waals surface area contributed by atoms with E-state index in [1.165, 1.54) is 0 Å². The Morgan fingerprint density at radius 2 is 1.21 bits per heavy atom. The fourth-order valence-electron chi connectivity index (χ4n) is 0.761. The van der Waals surface area contributed by atoms with Crippen molar-refractivity contribution in [1.29, 1.82) is 0 Å². The predicted molar refractivity (Wildman–Crippen MR) is 66.2 cm³/mol. The van der Waals surface area contributed by atoms with E-state index >= 15 is 0 Å². The highest BCUT2D eigenvalue weighted by Crippen LogP contribution is 1.91. The second-order valence-electron chi connectivity index (χ2n) is 3.39. The van der Waals surface area contributed by atoms with Crippen molar-refractivity contribution < 1.29 is 0 Å². The summed E-state index contributed by atoms with van der Waals surface area (Å²) in [6, 6.07) is 0.662. The summed E-state index contributed by atoms with van der Waals surface area (Å²) < 4.78 is 0. The van der Waals surface area contributed by atoms with E-state index in [1.807, 2.05) is 12.2 Å². The molecule has 0 spiro atoms. The Bertz CT molecular complexity index is 116. The molecule has 0 aromatic rings. The first-order valence-corrected chi connectivity index (χ1v) is 5.35. The van der Waals surface area contributed by atoms with Crippen LogP contribution in [0.5, 0.6) is 0 Å². The first-order chi connectivity index (χ1) is 6.62. The van der Waals surface area contributed by atoms with Gasteiger partial charge in [0.1, 0.15) is 0 Å². The molecule has 0 aliphatic carbocycles. The van der Waals surface area contributed by atoms with Crippen molar-refractivity contribution in [2.45, 2.75) is 51.6 Å². The van der Waals surface area contributed by atoms with Crippen molar-refractivity contribution in [2.24, 2.45) is 11.5 Å². The zero-order valence-corrected chi connectivity index (χ0v) is 9.71. The maximum Gasteiger partial charge on any atom is 0.00706 e. The molecule has 0 aliphatic heterocycles. The van der Waals surface area contributed by atoms with Crippen LogP contribution >= 0.6 is 0 Å². The summed E-state index contributed by atoms with van der Waals surface area (Å²) in [6.45, 7) is 11.3. The Labute approximate surface area is 89.1 Å². The molecule has 0 bridgehead atoms. The van der Waals surface area contributed by atoms with Crippen LogP contribution in [0.3, 0.4) is 0 Å². The lowest BCUT2D eigenvalue weighted by Gasteiger charge is -2.00. The molecule has 2 unspecified atom stereocenters. The normalized spacial score (nSPS) is 13.4. The molecule has 4 N–H and O–H groups in total. The van der Waals surface area contributed by atoms with Crippen molar-refractivity contribution in [3.05, 3.63) is 25.3 Å². The number of nitrogens with two attached hydrogens (primary N) is 2. The molecule has 0 aromatic carbocycles. The van der Waals surface area contributed by atoms with Crippen molar-refractivity contribution in [2.75, 3.05) is 0 Å². The first-order valence-electron chi connectivity index (χ1n) is 5.35. The smallest absolute Gasteiger partial charge is 0.00706 e. The highest BCUT2D eigenvalue weighted by molar-refractivity contribution is 4.74. The summed E-state index contributed by atoms with van der Waals surface area (Å²) in [5, 5.41) is 0. The zero-order valence-electron chi connectivity index (χ0n) is 9.71. The van der Waals surface area contributed by atoms with Gasteiger partial charge in [0.25, 0.3) is 0 Å². The van der Waals surface area contributed by atoms with Crippen LogP contribution in [-0.4, -0.2) is 12.1 Å². The Balaban J connectivity index is 0.